The van der Waals surface area contributed by atoms with E-state index in [2.05, 4.69) is 5.43 Å². The maximum Gasteiger partial charge on any atom is 0.0517 e. The zero-order chi connectivity index (χ0) is 8.97. The molecule has 1 unspecified atom stereocenters. The maximum atomic E-state index is 10.1. The van der Waals surface area contributed by atoms with Crippen molar-refractivity contribution in [1.82, 2.24) is 4.83 Å². The van der Waals surface area contributed by atoms with Gasteiger partial charge in [0.2, 0.25) is 0 Å². The van der Waals surface area contributed by atoms with Gasteiger partial charge in [0.1, 0.15) is 0 Å². The average Bonchev–Trinajstić information content (AvgIpc) is 2.01. The first-order valence-electron chi connectivity index (χ1n) is 3.15. The molecule has 66 valence electrons. The van der Waals surface area contributed by atoms with E-state index in [-0.39, 0.29) is 0 Å². The van der Waals surface area contributed by atoms with Crippen molar-refractivity contribution in [1.29, 1.82) is 0 Å². The van der Waals surface area contributed by atoms with Crippen LogP contribution in [-0.2, 0) is 11.3 Å². The second-order valence-electron chi connectivity index (χ2n) is 2.09. The van der Waals surface area contributed by atoms with Crippen molar-refractivity contribution in [3.05, 3.63) is 24.3 Å². The van der Waals surface area contributed by atoms with Crippen LogP contribution in [0.25, 0.3) is 0 Å². The van der Waals surface area contributed by atoms with Gasteiger partial charge >= 0.3 is 0 Å². The third-order valence-corrected chi connectivity index (χ3v) is 1.43. The van der Waals surface area contributed by atoms with Crippen molar-refractivity contribution < 1.29 is 8.76 Å². The minimum absolute atomic E-state index is 0.568. The van der Waals surface area contributed by atoms with Gasteiger partial charge in [-0.05, 0) is 18.2 Å². The molecular formula is C6H8N3O2S-. The maximum absolute atomic E-state index is 10.1. The molecule has 1 rings (SSSR count). The third-order valence-electron chi connectivity index (χ3n) is 1.17. The summed E-state index contributed by atoms with van der Waals surface area (Å²) in [6.45, 7) is 0. The third kappa shape index (κ3) is 2.87. The molecule has 0 bridgehead atoms. The Kier molecular flexibility index (Phi) is 3.03. The SMILES string of the molecule is Nc1cccc(NNS(=O)[O-])c1. The van der Waals surface area contributed by atoms with Gasteiger partial charge in [-0.25, -0.2) is 0 Å². The molecule has 0 heterocycles. The van der Waals surface area contributed by atoms with E-state index in [9.17, 15) is 8.76 Å². The summed E-state index contributed by atoms with van der Waals surface area (Å²) in [5, 5.41) is 0. The van der Waals surface area contributed by atoms with E-state index in [0.29, 0.717) is 11.4 Å². The highest BCUT2D eigenvalue weighted by atomic mass is 32.2. The molecule has 0 aromatic heterocycles. The molecule has 0 spiro atoms. The minimum atomic E-state index is -2.32. The lowest BCUT2D eigenvalue weighted by molar-refractivity contribution is 0.528. The van der Waals surface area contributed by atoms with Gasteiger partial charge in [-0.1, -0.05) is 6.07 Å². The lowest BCUT2D eigenvalue weighted by Gasteiger charge is -2.09. The van der Waals surface area contributed by atoms with E-state index in [4.69, 9.17) is 5.73 Å². The van der Waals surface area contributed by atoms with Crippen molar-refractivity contribution in [2.24, 2.45) is 0 Å². The molecule has 0 amide bonds. The fourth-order valence-corrected chi connectivity index (χ4v) is 0.918. The molecular weight excluding hydrogens is 178 g/mol. The predicted molar refractivity (Wildman–Crippen MR) is 46.5 cm³/mol. The van der Waals surface area contributed by atoms with Gasteiger partial charge in [-0.2, -0.15) is 4.83 Å². The van der Waals surface area contributed by atoms with Crippen molar-refractivity contribution in [2.45, 2.75) is 0 Å². The molecule has 0 aliphatic rings. The van der Waals surface area contributed by atoms with Crippen molar-refractivity contribution >= 4 is 22.6 Å². The Morgan fingerprint density at radius 1 is 1.50 bits per heavy atom. The van der Waals surface area contributed by atoms with E-state index in [1.807, 2.05) is 4.83 Å². The van der Waals surface area contributed by atoms with Crippen molar-refractivity contribution in [3.8, 4) is 0 Å². The number of nitrogen functional groups attached to an aromatic ring is 1. The van der Waals surface area contributed by atoms with Crippen molar-refractivity contribution in [2.75, 3.05) is 11.2 Å². The largest absolute Gasteiger partial charge is 0.759 e. The van der Waals surface area contributed by atoms with Crippen LogP contribution in [0.3, 0.4) is 0 Å². The first-order valence-corrected chi connectivity index (χ1v) is 4.22. The summed E-state index contributed by atoms with van der Waals surface area (Å²) >= 11 is -2.32. The molecule has 5 nitrogen and oxygen atoms in total. The van der Waals surface area contributed by atoms with Crippen molar-refractivity contribution in [3.63, 3.8) is 0 Å². The van der Waals surface area contributed by atoms with Crippen LogP contribution in [0, 0.1) is 0 Å². The minimum Gasteiger partial charge on any atom is -0.759 e. The van der Waals surface area contributed by atoms with Crippen LogP contribution in [0.5, 0.6) is 0 Å². The van der Waals surface area contributed by atoms with E-state index in [1.54, 1.807) is 24.3 Å². The average molecular weight is 186 g/mol. The van der Waals surface area contributed by atoms with Gasteiger partial charge in [0, 0.05) is 17.0 Å². The van der Waals surface area contributed by atoms with E-state index >= 15 is 0 Å². The number of benzene rings is 1. The number of nitrogens with two attached hydrogens (primary N) is 1. The van der Waals surface area contributed by atoms with Gasteiger partial charge in [-0.3, -0.25) is 4.21 Å². The standard InChI is InChI=1S/C6H9N3O2S/c7-5-2-1-3-6(4-5)8-9-12(10)11/h1-4,8-9H,7H2,(H,10,11)/p-1. The molecule has 1 atom stereocenters. The fourth-order valence-electron chi connectivity index (χ4n) is 0.717. The summed E-state index contributed by atoms with van der Waals surface area (Å²) in [6, 6.07) is 6.72. The number of anilines is 2. The number of nitrogens with one attached hydrogen (secondary N) is 2. The number of rotatable bonds is 3. The first-order chi connectivity index (χ1) is 5.68. The van der Waals surface area contributed by atoms with E-state index in [1.165, 1.54) is 0 Å². The van der Waals surface area contributed by atoms with E-state index in [0.717, 1.165) is 0 Å². The molecule has 0 saturated carbocycles. The molecule has 1 aromatic rings. The second kappa shape index (κ2) is 4.05. The van der Waals surface area contributed by atoms with Crippen LogP contribution in [0.1, 0.15) is 0 Å². The normalized spacial score (nSPS) is 12.4. The lowest BCUT2D eigenvalue weighted by atomic mass is 10.3. The van der Waals surface area contributed by atoms with Gasteiger partial charge < -0.3 is 15.7 Å². The molecule has 0 fully saturated rings. The summed E-state index contributed by atoms with van der Waals surface area (Å²) < 4.78 is 20.1. The number of hydrogen-bond donors (Lipinski definition) is 3. The van der Waals surface area contributed by atoms with Crippen LogP contribution >= 0.6 is 0 Å². The van der Waals surface area contributed by atoms with Crippen LogP contribution in [0.2, 0.25) is 0 Å². The molecule has 0 saturated heterocycles. The van der Waals surface area contributed by atoms with Gasteiger partial charge in [0.15, 0.2) is 0 Å². The second-order valence-corrected chi connectivity index (χ2v) is 2.76. The Balaban J connectivity index is 2.57. The number of hydrogen-bond acceptors (Lipinski definition) is 4. The Morgan fingerprint density at radius 2 is 2.25 bits per heavy atom. The highest BCUT2D eigenvalue weighted by Crippen LogP contribution is 2.09. The van der Waals surface area contributed by atoms with E-state index < -0.39 is 11.3 Å². The topological polar surface area (TPSA) is 90.2 Å². The van der Waals surface area contributed by atoms with Crippen LogP contribution in [0.4, 0.5) is 11.4 Å². The quantitative estimate of drug-likeness (QED) is 0.351. The molecule has 4 N–H and O–H groups in total. The molecule has 1 aromatic carbocycles. The van der Waals surface area contributed by atoms with Gasteiger partial charge in [0.25, 0.3) is 0 Å². The summed E-state index contributed by atoms with van der Waals surface area (Å²) in [5.41, 5.74) is 9.05. The first kappa shape index (κ1) is 8.98. The Morgan fingerprint density at radius 3 is 2.83 bits per heavy atom. The predicted octanol–water partition coefficient (Wildman–Crippen LogP) is -0.0206. The highest BCUT2D eigenvalue weighted by Gasteiger charge is 1.89. The Bertz CT molecular complexity index is 292. The monoisotopic (exact) mass is 186 g/mol. The molecule has 0 radical (unpaired) electrons. The molecule has 0 aliphatic carbocycles. The summed E-state index contributed by atoms with van der Waals surface area (Å²) in [7, 11) is 0. The summed E-state index contributed by atoms with van der Waals surface area (Å²) in [5.74, 6) is 0. The fraction of sp³-hybridized carbons (Fsp3) is 0. The smallest absolute Gasteiger partial charge is 0.0517 e. The Labute approximate surface area is 72.4 Å². The summed E-state index contributed by atoms with van der Waals surface area (Å²) in [6.07, 6.45) is 0. The van der Waals surface area contributed by atoms with Gasteiger partial charge in [0.05, 0.1) is 5.69 Å². The van der Waals surface area contributed by atoms with Gasteiger partial charge in [-0.15, -0.1) is 0 Å². The lowest BCUT2D eigenvalue weighted by Crippen LogP contribution is -2.23. The number of hydrazine groups is 1. The van der Waals surface area contributed by atoms with Crippen LogP contribution in [0.15, 0.2) is 24.3 Å². The highest BCUT2D eigenvalue weighted by molar-refractivity contribution is 7.77. The van der Waals surface area contributed by atoms with Crippen LogP contribution in [-0.4, -0.2) is 8.76 Å². The zero-order valence-corrected chi connectivity index (χ0v) is 6.93. The van der Waals surface area contributed by atoms with Crippen LogP contribution < -0.4 is 16.0 Å². The molecule has 12 heavy (non-hydrogen) atoms. The Hall–Kier alpha value is -1.11. The molecule has 0 aliphatic heterocycles. The molecule has 6 heteroatoms. The zero-order valence-electron chi connectivity index (χ0n) is 6.11. The summed E-state index contributed by atoms with van der Waals surface area (Å²) in [4.78, 5) is 2.00.